The summed E-state index contributed by atoms with van der Waals surface area (Å²) >= 11 is 0. The zero-order valence-corrected chi connectivity index (χ0v) is 8.81. The Morgan fingerprint density at radius 2 is 2.13 bits per heavy atom. The fourth-order valence-electron chi connectivity index (χ4n) is 1.27. The molecule has 0 aromatic heterocycles. The van der Waals surface area contributed by atoms with Gasteiger partial charge >= 0.3 is 0 Å². The number of allylic oxidation sites excluding steroid dienone is 1. The zero-order chi connectivity index (χ0) is 11.1. The van der Waals surface area contributed by atoms with Crippen molar-refractivity contribution in [2.45, 2.75) is 12.8 Å². The summed E-state index contributed by atoms with van der Waals surface area (Å²) in [4.78, 5) is 0. The number of oxime groups is 1. The molecular weight excluding hydrogens is 190 g/mol. The van der Waals surface area contributed by atoms with Crippen LogP contribution in [0, 0.1) is 0 Å². The molecule has 3 heteroatoms. The summed E-state index contributed by atoms with van der Waals surface area (Å²) in [6.45, 7) is 3.63. The molecule has 15 heavy (non-hydrogen) atoms. The molecule has 0 unspecified atom stereocenters. The monoisotopic (exact) mass is 205 g/mol. The molecule has 0 fully saturated rings. The fourth-order valence-corrected chi connectivity index (χ4v) is 1.27. The van der Waals surface area contributed by atoms with E-state index < -0.39 is 0 Å². The van der Waals surface area contributed by atoms with Crippen molar-refractivity contribution in [2.75, 3.05) is 7.11 Å². The summed E-state index contributed by atoms with van der Waals surface area (Å²) in [6.07, 6.45) is 3.28. The first-order valence-electron chi connectivity index (χ1n) is 4.78. The second kappa shape index (κ2) is 5.86. The van der Waals surface area contributed by atoms with Crippen LogP contribution in [0.2, 0.25) is 0 Å². The summed E-state index contributed by atoms with van der Waals surface area (Å²) in [6, 6.07) is 7.43. The van der Waals surface area contributed by atoms with Crippen molar-refractivity contribution in [3.05, 3.63) is 42.5 Å². The molecule has 1 rings (SSSR count). The van der Waals surface area contributed by atoms with Crippen LogP contribution in [0.4, 0.5) is 0 Å². The van der Waals surface area contributed by atoms with Crippen molar-refractivity contribution in [3.8, 4) is 5.75 Å². The van der Waals surface area contributed by atoms with Gasteiger partial charge in [0.2, 0.25) is 0 Å². The van der Waals surface area contributed by atoms with E-state index in [4.69, 9.17) is 9.94 Å². The molecule has 0 saturated carbocycles. The molecule has 0 aliphatic carbocycles. The Kier molecular flexibility index (Phi) is 4.41. The maximum atomic E-state index is 8.86. The van der Waals surface area contributed by atoms with Crippen LogP contribution in [0.15, 0.2) is 42.1 Å². The van der Waals surface area contributed by atoms with Gasteiger partial charge in [-0.05, 0) is 42.7 Å². The third kappa shape index (κ3) is 3.13. The summed E-state index contributed by atoms with van der Waals surface area (Å²) in [7, 11) is 1.62. The van der Waals surface area contributed by atoms with Crippen LogP contribution in [0.25, 0.3) is 0 Å². The first kappa shape index (κ1) is 11.3. The summed E-state index contributed by atoms with van der Waals surface area (Å²) < 4.78 is 5.05. The van der Waals surface area contributed by atoms with Crippen molar-refractivity contribution in [1.82, 2.24) is 0 Å². The topological polar surface area (TPSA) is 41.8 Å². The smallest absolute Gasteiger partial charge is 0.118 e. The molecule has 1 aromatic carbocycles. The molecule has 0 saturated heterocycles. The highest BCUT2D eigenvalue weighted by molar-refractivity contribution is 6.00. The van der Waals surface area contributed by atoms with Crippen LogP contribution >= 0.6 is 0 Å². The van der Waals surface area contributed by atoms with E-state index in [1.165, 1.54) is 0 Å². The molecule has 0 amide bonds. The minimum atomic E-state index is 0.664. The van der Waals surface area contributed by atoms with Crippen LogP contribution in [0.5, 0.6) is 5.75 Å². The number of nitrogens with zero attached hydrogens (tertiary/aromatic N) is 1. The van der Waals surface area contributed by atoms with E-state index in [0.29, 0.717) is 12.1 Å². The van der Waals surface area contributed by atoms with Crippen molar-refractivity contribution < 1.29 is 9.94 Å². The number of rotatable bonds is 5. The van der Waals surface area contributed by atoms with Gasteiger partial charge < -0.3 is 9.94 Å². The second-order valence-corrected chi connectivity index (χ2v) is 3.10. The molecular formula is C12H15NO2. The number of methoxy groups -OCH3 is 1. The van der Waals surface area contributed by atoms with Crippen LogP contribution < -0.4 is 4.74 Å². The van der Waals surface area contributed by atoms with Gasteiger partial charge in [-0.25, -0.2) is 0 Å². The van der Waals surface area contributed by atoms with E-state index in [-0.39, 0.29) is 0 Å². The third-order valence-corrected chi connectivity index (χ3v) is 2.13. The lowest BCUT2D eigenvalue weighted by atomic mass is 10.1. The fraction of sp³-hybridized carbons (Fsp3) is 0.250. The molecule has 80 valence electrons. The van der Waals surface area contributed by atoms with Gasteiger partial charge in [0.15, 0.2) is 0 Å². The Morgan fingerprint density at radius 1 is 1.47 bits per heavy atom. The van der Waals surface area contributed by atoms with Crippen LogP contribution in [0.1, 0.15) is 18.4 Å². The lowest BCUT2D eigenvalue weighted by molar-refractivity contribution is 0.318. The predicted molar refractivity (Wildman–Crippen MR) is 60.7 cm³/mol. The summed E-state index contributed by atoms with van der Waals surface area (Å²) in [5, 5.41) is 12.1. The molecule has 0 aliphatic heterocycles. The van der Waals surface area contributed by atoms with Gasteiger partial charge in [0.05, 0.1) is 12.8 Å². The molecule has 0 spiro atoms. The average molecular weight is 205 g/mol. The van der Waals surface area contributed by atoms with Crippen LogP contribution in [-0.4, -0.2) is 18.0 Å². The van der Waals surface area contributed by atoms with E-state index in [1.54, 1.807) is 13.2 Å². The van der Waals surface area contributed by atoms with Gasteiger partial charge in [0.1, 0.15) is 5.75 Å². The Morgan fingerprint density at radius 3 is 2.60 bits per heavy atom. The Labute approximate surface area is 89.7 Å². The second-order valence-electron chi connectivity index (χ2n) is 3.10. The van der Waals surface area contributed by atoms with Gasteiger partial charge in [-0.15, -0.1) is 6.58 Å². The van der Waals surface area contributed by atoms with Crippen molar-refractivity contribution in [2.24, 2.45) is 5.16 Å². The molecule has 0 atom stereocenters. The Bertz CT molecular complexity index is 341. The average Bonchev–Trinajstić information content (AvgIpc) is 2.31. The number of hydrogen-bond acceptors (Lipinski definition) is 3. The van der Waals surface area contributed by atoms with Crippen LogP contribution in [0.3, 0.4) is 0 Å². The summed E-state index contributed by atoms with van der Waals surface area (Å²) in [5.74, 6) is 0.791. The molecule has 0 radical (unpaired) electrons. The van der Waals surface area contributed by atoms with Gasteiger partial charge in [-0.1, -0.05) is 11.2 Å². The molecule has 0 heterocycles. The summed E-state index contributed by atoms with van der Waals surface area (Å²) in [5.41, 5.74) is 1.57. The first-order valence-corrected chi connectivity index (χ1v) is 4.78. The highest BCUT2D eigenvalue weighted by atomic mass is 16.5. The van der Waals surface area contributed by atoms with E-state index in [9.17, 15) is 0 Å². The number of benzene rings is 1. The largest absolute Gasteiger partial charge is 0.497 e. The van der Waals surface area contributed by atoms with Gasteiger partial charge in [0.25, 0.3) is 0 Å². The van der Waals surface area contributed by atoms with Gasteiger partial charge in [-0.3, -0.25) is 0 Å². The highest BCUT2D eigenvalue weighted by Gasteiger charge is 2.03. The van der Waals surface area contributed by atoms with Crippen molar-refractivity contribution in [3.63, 3.8) is 0 Å². The molecule has 0 aliphatic rings. The number of hydrogen-bond donors (Lipinski definition) is 1. The van der Waals surface area contributed by atoms with E-state index in [1.807, 2.05) is 24.3 Å². The standard InChI is InChI=1S/C12H15NO2/c1-3-4-5-12(13-14)10-6-8-11(15-2)9-7-10/h3,6-9,14H,1,4-5H2,2H3/b13-12-. The normalized spacial score (nSPS) is 11.1. The molecule has 1 aromatic rings. The Balaban J connectivity index is 2.79. The zero-order valence-electron chi connectivity index (χ0n) is 8.81. The van der Waals surface area contributed by atoms with E-state index >= 15 is 0 Å². The Hall–Kier alpha value is -1.77. The van der Waals surface area contributed by atoms with E-state index in [2.05, 4.69) is 11.7 Å². The molecule has 1 N–H and O–H groups in total. The third-order valence-electron chi connectivity index (χ3n) is 2.13. The quantitative estimate of drug-likeness (QED) is 0.347. The lowest BCUT2D eigenvalue weighted by Gasteiger charge is -2.04. The van der Waals surface area contributed by atoms with Crippen LogP contribution in [-0.2, 0) is 0 Å². The maximum Gasteiger partial charge on any atom is 0.118 e. The number of ether oxygens (including phenoxy) is 1. The molecule has 0 bridgehead atoms. The van der Waals surface area contributed by atoms with Gasteiger partial charge in [-0.2, -0.15) is 0 Å². The lowest BCUT2D eigenvalue weighted by Crippen LogP contribution is -2.00. The van der Waals surface area contributed by atoms with Crippen molar-refractivity contribution >= 4 is 5.71 Å². The first-order chi connectivity index (χ1) is 7.31. The minimum Gasteiger partial charge on any atom is -0.497 e. The predicted octanol–water partition coefficient (Wildman–Crippen LogP) is 2.84. The van der Waals surface area contributed by atoms with E-state index in [0.717, 1.165) is 17.7 Å². The van der Waals surface area contributed by atoms with Crippen molar-refractivity contribution in [1.29, 1.82) is 0 Å². The van der Waals surface area contributed by atoms with Gasteiger partial charge in [0, 0.05) is 0 Å². The minimum absolute atomic E-state index is 0.664. The highest BCUT2D eigenvalue weighted by Crippen LogP contribution is 2.13. The SMILES string of the molecule is C=CCC/C(=N/O)c1ccc(OC)cc1. The molecule has 3 nitrogen and oxygen atoms in total. The maximum absolute atomic E-state index is 8.86.